The molecule has 0 aliphatic carbocycles. The van der Waals surface area contributed by atoms with Crippen LogP contribution in [0.25, 0.3) is 10.9 Å². The summed E-state index contributed by atoms with van der Waals surface area (Å²) < 4.78 is 16.2. The predicted octanol–water partition coefficient (Wildman–Crippen LogP) is 3.52. The molecule has 8 heteroatoms. The highest BCUT2D eigenvalue weighted by Gasteiger charge is 2.14. The van der Waals surface area contributed by atoms with E-state index < -0.39 is 6.29 Å². The van der Waals surface area contributed by atoms with Gasteiger partial charge in [-0.1, -0.05) is 12.0 Å². The predicted molar refractivity (Wildman–Crippen MR) is 114 cm³/mol. The summed E-state index contributed by atoms with van der Waals surface area (Å²) in [5.74, 6) is 4.05. The molecule has 3 rings (SSSR count). The van der Waals surface area contributed by atoms with E-state index in [-0.39, 0.29) is 12.4 Å². The molecule has 1 atom stereocenters. The first-order valence-corrected chi connectivity index (χ1v) is 8.69. The fraction of sp³-hybridized carbons (Fsp3) is 0.238. The van der Waals surface area contributed by atoms with Crippen LogP contribution in [0.2, 0.25) is 0 Å². The molecule has 3 aromatic rings. The normalized spacial score (nSPS) is 11.2. The highest BCUT2D eigenvalue weighted by molar-refractivity contribution is 5.93. The number of terminal acetylenes is 1. The van der Waals surface area contributed by atoms with Crippen molar-refractivity contribution in [1.82, 2.24) is 9.97 Å². The van der Waals surface area contributed by atoms with Gasteiger partial charge in [0.1, 0.15) is 18.8 Å². The first-order valence-electron chi connectivity index (χ1n) is 8.69. The third-order valence-electron chi connectivity index (χ3n) is 3.84. The fourth-order valence-electron chi connectivity index (χ4n) is 2.61. The Bertz CT molecular complexity index is 1000. The summed E-state index contributed by atoms with van der Waals surface area (Å²) in [5, 5.41) is 13.6. The minimum absolute atomic E-state index is 0. The number of aromatic nitrogens is 2. The lowest BCUT2D eigenvalue weighted by molar-refractivity contribution is -0.00273. The molecule has 0 spiro atoms. The molecule has 7 nitrogen and oxygen atoms in total. The van der Waals surface area contributed by atoms with E-state index in [0.717, 1.165) is 16.6 Å². The van der Waals surface area contributed by atoms with Crippen molar-refractivity contribution in [3.63, 3.8) is 0 Å². The number of aliphatic hydroxyl groups excluding tert-OH is 1. The maximum atomic E-state index is 9.61. The first kappa shape index (κ1) is 22.2. The molecule has 1 aromatic heterocycles. The van der Waals surface area contributed by atoms with Gasteiger partial charge >= 0.3 is 0 Å². The van der Waals surface area contributed by atoms with Crippen molar-refractivity contribution in [2.45, 2.75) is 13.2 Å². The van der Waals surface area contributed by atoms with Crippen LogP contribution in [0, 0.1) is 12.3 Å². The number of hydrogen-bond donors (Lipinski definition) is 2. The van der Waals surface area contributed by atoms with Gasteiger partial charge in [0.05, 0.1) is 12.1 Å². The van der Waals surface area contributed by atoms with Gasteiger partial charge < -0.3 is 24.6 Å². The van der Waals surface area contributed by atoms with Gasteiger partial charge in [-0.15, -0.1) is 18.8 Å². The van der Waals surface area contributed by atoms with Crippen molar-refractivity contribution >= 4 is 34.8 Å². The van der Waals surface area contributed by atoms with E-state index in [2.05, 4.69) is 21.2 Å². The van der Waals surface area contributed by atoms with Crippen LogP contribution in [0.3, 0.4) is 0 Å². The van der Waals surface area contributed by atoms with Crippen LogP contribution in [0.15, 0.2) is 42.7 Å². The monoisotopic (exact) mass is 415 g/mol. The number of fused-ring (bicyclic) bond motifs is 1. The zero-order valence-corrected chi connectivity index (χ0v) is 16.9. The Balaban J connectivity index is 0.00000300. The number of hydrogen-bond acceptors (Lipinski definition) is 7. The average molecular weight is 416 g/mol. The van der Waals surface area contributed by atoms with Gasteiger partial charge in [0, 0.05) is 29.8 Å². The number of benzene rings is 2. The second-order valence-corrected chi connectivity index (χ2v) is 5.95. The summed E-state index contributed by atoms with van der Waals surface area (Å²) in [4.78, 5) is 8.64. The smallest absolute Gasteiger partial charge is 0.194 e. The number of nitrogens with one attached hydrogen (secondary N) is 1. The van der Waals surface area contributed by atoms with Gasteiger partial charge in [-0.2, -0.15) is 0 Å². The van der Waals surface area contributed by atoms with E-state index in [0.29, 0.717) is 36.0 Å². The summed E-state index contributed by atoms with van der Waals surface area (Å²) >= 11 is 0. The minimum atomic E-state index is -0.992. The number of methoxy groups -OCH3 is 1. The van der Waals surface area contributed by atoms with E-state index >= 15 is 0 Å². The van der Waals surface area contributed by atoms with Crippen molar-refractivity contribution in [3.8, 4) is 23.8 Å². The Hall–Kier alpha value is -3.05. The molecule has 29 heavy (non-hydrogen) atoms. The first-order chi connectivity index (χ1) is 13.6. The number of aliphatic hydroxyl groups is 1. The SMILES string of the molecule is C#Cc1cccc(Nc2ncnc3cc(OC(C)O)c(OCCOC)cc23)c1.Cl. The van der Waals surface area contributed by atoms with E-state index in [1.165, 1.54) is 13.3 Å². The minimum Gasteiger partial charge on any atom is -0.487 e. The van der Waals surface area contributed by atoms with Crippen molar-refractivity contribution in [2.75, 3.05) is 25.6 Å². The largest absolute Gasteiger partial charge is 0.487 e. The number of anilines is 2. The number of rotatable bonds is 8. The summed E-state index contributed by atoms with van der Waals surface area (Å²) in [6, 6.07) is 11.0. The van der Waals surface area contributed by atoms with E-state index in [1.807, 2.05) is 24.3 Å². The molecular formula is C21H22ClN3O4. The van der Waals surface area contributed by atoms with Gasteiger partial charge in [0.15, 0.2) is 17.8 Å². The van der Waals surface area contributed by atoms with Crippen LogP contribution in [-0.4, -0.2) is 41.7 Å². The molecule has 0 saturated heterocycles. The van der Waals surface area contributed by atoms with Crippen molar-refractivity contribution < 1.29 is 19.3 Å². The van der Waals surface area contributed by atoms with E-state index in [9.17, 15) is 5.11 Å². The molecule has 0 aliphatic rings. The quantitative estimate of drug-likeness (QED) is 0.330. The van der Waals surface area contributed by atoms with Gasteiger partial charge in [-0.25, -0.2) is 9.97 Å². The lowest BCUT2D eigenvalue weighted by atomic mass is 10.2. The number of nitrogens with zero attached hydrogens (tertiary/aromatic N) is 2. The van der Waals surface area contributed by atoms with E-state index in [4.69, 9.17) is 20.6 Å². The van der Waals surface area contributed by atoms with Crippen LogP contribution in [0.4, 0.5) is 11.5 Å². The van der Waals surface area contributed by atoms with Gasteiger partial charge in [0.2, 0.25) is 0 Å². The topological polar surface area (TPSA) is 85.7 Å². The molecule has 0 aliphatic heterocycles. The zero-order chi connectivity index (χ0) is 19.9. The Labute approximate surface area is 175 Å². The molecule has 0 fully saturated rings. The second-order valence-electron chi connectivity index (χ2n) is 5.95. The molecular weight excluding hydrogens is 394 g/mol. The highest BCUT2D eigenvalue weighted by atomic mass is 35.5. The van der Waals surface area contributed by atoms with Crippen molar-refractivity contribution in [3.05, 3.63) is 48.3 Å². The fourth-order valence-corrected chi connectivity index (χ4v) is 2.61. The van der Waals surface area contributed by atoms with Crippen molar-refractivity contribution in [2.24, 2.45) is 0 Å². The summed E-state index contributed by atoms with van der Waals surface area (Å²) in [7, 11) is 1.59. The Kier molecular flexibility index (Phi) is 8.04. The maximum Gasteiger partial charge on any atom is 0.194 e. The zero-order valence-electron chi connectivity index (χ0n) is 16.1. The average Bonchev–Trinajstić information content (AvgIpc) is 2.68. The van der Waals surface area contributed by atoms with Crippen LogP contribution < -0.4 is 14.8 Å². The van der Waals surface area contributed by atoms with Crippen LogP contribution >= 0.6 is 12.4 Å². The van der Waals surface area contributed by atoms with Crippen LogP contribution in [0.1, 0.15) is 12.5 Å². The summed E-state index contributed by atoms with van der Waals surface area (Å²) in [6.45, 7) is 2.27. The lowest BCUT2D eigenvalue weighted by Crippen LogP contribution is -2.12. The molecule has 2 N–H and O–H groups in total. The maximum absolute atomic E-state index is 9.61. The standard InChI is InChI=1S/C21H21N3O4.ClH/c1-4-15-6-5-7-16(10-15)24-21-17-11-19(27-9-8-26-3)20(28-14(2)25)12-18(17)22-13-23-21;/h1,5-7,10-14,25H,8-9H2,2-3H3,(H,22,23,24);1H. The Morgan fingerprint density at radius 2 is 2.00 bits per heavy atom. The summed E-state index contributed by atoms with van der Waals surface area (Å²) in [5.41, 5.74) is 2.21. The number of ether oxygens (including phenoxy) is 3. The van der Waals surface area contributed by atoms with Crippen LogP contribution in [-0.2, 0) is 4.74 Å². The lowest BCUT2D eigenvalue weighted by Gasteiger charge is -2.16. The molecule has 0 saturated carbocycles. The van der Waals surface area contributed by atoms with Gasteiger partial charge in [0.25, 0.3) is 0 Å². The molecule has 0 radical (unpaired) electrons. The number of halogens is 1. The molecule has 1 unspecified atom stereocenters. The molecule has 152 valence electrons. The Morgan fingerprint density at radius 1 is 1.17 bits per heavy atom. The molecule has 1 heterocycles. The molecule has 2 aromatic carbocycles. The highest BCUT2D eigenvalue weighted by Crippen LogP contribution is 2.35. The van der Waals surface area contributed by atoms with Crippen LogP contribution in [0.5, 0.6) is 11.5 Å². The van der Waals surface area contributed by atoms with Gasteiger partial charge in [-0.05, 0) is 31.2 Å². The third-order valence-corrected chi connectivity index (χ3v) is 3.84. The van der Waals surface area contributed by atoms with Gasteiger partial charge in [-0.3, -0.25) is 0 Å². The van der Waals surface area contributed by atoms with E-state index in [1.54, 1.807) is 19.2 Å². The second kappa shape index (κ2) is 10.5. The Morgan fingerprint density at radius 3 is 2.72 bits per heavy atom. The molecule has 0 amide bonds. The van der Waals surface area contributed by atoms with Crippen molar-refractivity contribution in [1.29, 1.82) is 0 Å². The molecule has 0 bridgehead atoms. The summed E-state index contributed by atoms with van der Waals surface area (Å²) in [6.07, 6.45) is 5.93. The third kappa shape index (κ3) is 5.72.